The fraction of sp³-hybridized carbons (Fsp3) is 0.462. The lowest BCUT2D eigenvalue weighted by atomic mass is 9.70. The molecule has 2 aromatic rings. The average molecular weight is 497 g/mol. The Balaban J connectivity index is 1.56. The highest BCUT2D eigenvalue weighted by molar-refractivity contribution is 6.03. The fourth-order valence-electron chi connectivity index (χ4n) is 5.68. The molecule has 0 unspecified atom stereocenters. The highest BCUT2D eigenvalue weighted by Gasteiger charge is 2.76. The Bertz CT molecular complexity index is 1280. The Morgan fingerprint density at radius 1 is 1.19 bits per heavy atom. The number of nitrogens with one attached hydrogen (secondary N) is 2. The smallest absolute Gasteiger partial charge is 0.246 e. The summed E-state index contributed by atoms with van der Waals surface area (Å²) in [5.74, 6) is -3.03. The molecule has 5 atom stereocenters. The van der Waals surface area contributed by atoms with E-state index in [0.29, 0.717) is 5.76 Å². The molecule has 36 heavy (non-hydrogen) atoms. The molecule has 0 saturated carbocycles. The molecule has 0 aliphatic carbocycles. The van der Waals surface area contributed by atoms with Crippen LogP contribution in [0.5, 0.6) is 0 Å². The van der Waals surface area contributed by atoms with Crippen molar-refractivity contribution in [1.82, 2.24) is 15.4 Å². The molecule has 190 valence electrons. The summed E-state index contributed by atoms with van der Waals surface area (Å²) in [5, 5.41) is 9.46. The van der Waals surface area contributed by atoms with E-state index in [1.165, 1.54) is 11.0 Å². The molecule has 4 heterocycles. The van der Waals surface area contributed by atoms with E-state index >= 15 is 0 Å². The lowest BCUT2D eigenvalue weighted by Crippen LogP contribution is -2.57. The molecule has 3 aliphatic heterocycles. The van der Waals surface area contributed by atoms with Gasteiger partial charge in [0.15, 0.2) is 5.82 Å². The summed E-state index contributed by atoms with van der Waals surface area (Å²) in [6, 6.07) is 6.57. The fourth-order valence-corrected chi connectivity index (χ4v) is 5.68. The third kappa shape index (κ3) is 3.71. The zero-order valence-corrected chi connectivity index (χ0v) is 20.8. The minimum absolute atomic E-state index is 0.142. The molecule has 2 fully saturated rings. The van der Waals surface area contributed by atoms with Crippen molar-refractivity contribution in [1.29, 1.82) is 0 Å². The number of amides is 3. The minimum atomic E-state index is -1.38. The third-order valence-corrected chi connectivity index (χ3v) is 7.00. The van der Waals surface area contributed by atoms with Crippen LogP contribution in [0.3, 0.4) is 0 Å². The predicted octanol–water partition coefficient (Wildman–Crippen LogP) is 2.72. The highest BCUT2D eigenvalue weighted by atomic mass is 19.1. The number of hydrogen-bond donors (Lipinski definition) is 2. The van der Waals surface area contributed by atoms with Crippen molar-refractivity contribution >= 4 is 23.5 Å². The van der Waals surface area contributed by atoms with Gasteiger partial charge in [0.1, 0.15) is 23.2 Å². The van der Waals surface area contributed by atoms with Crippen LogP contribution >= 0.6 is 0 Å². The Morgan fingerprint density at radius 3 is 2.56 bits per heavy atom. The number of hydrogen-bond acceptors (Lipinski definition) is 6. The molecule has 2 saturated heterocycles. The predicted molar refractivity (Wildman–Crippen MR) is 127 cm³/mol. The van der Waals surface area contributed by atoms with E-state index in [0.717, 1.165) is 0 Å². The first-order valence-corrected chi connectivity index (χ1v) is 11.9. The van der Waals surface area contributed by atoms with Gasteiger partial charge in [-0.2, -0.15) is 0 Å². The molecule has 1 aromatic heterocycles. The van der Waals surface area contributed by atoms with Crippen LogP contribution in [0, 0.1) is 24.6 Å². The van der Waals surface area contributed by atoms with Gasteiger partial charge in [-0.3, -0.25) is 14.4 Å². The first-order valence-electron chi connectivity index (χ1n) is 11.9. The first kappa shape index (κ1) is 24.2. The van der Waals surface area contributed by atoms with Crippen LogP contribution in [0.25, 0.3) is 0 Å². The highest BCUT2D eigenvalue weighted by Crippen LogP contribution is 2.60. The van der Waals surface area contributed by atoms with Crippen LogP contribution in [0.15, 0.2) is 47.0 Å². The molecule has 2 bridgehead atoms. The van der Waals surface area contributed by atoms with E-state index in [4.69, 9.17) is 9.26 Å². The van der Waals surface area contributed by atoms with E-state index in [1.54, 1.807) is 50.3 Å². The maximum Gasteiger partial charge on any atom is 0.246 e. The maximum absolute atomic E-state index is 14.6. The molecule has 3 aliphatic rings. The largest absolute Gasteiger partial charge is 0.360 e. The number of halogens is 1. The van der Waals surface area contributed by atoms with Crippen molar-refractivity contribution in [3.63, 3.8) is 0 Å². The lowest BCUT2D eigenvalue weighted by Gasteiger charge is -2.35. The molecular weight excluding hydrogens is 467 g/mol. The topological polar surface area (TPSA) is 114 Å². The van der Waals surface area contributed by atoms with Crippen molar-refractivity contribution in [2.45, 2.75) is 63.9 Å². The molecular formula is C26H29FN4O5. The van der Waals surface area contributed by atoms with Crippen molar-refractivity contribution < 1.29 is 28.0 Å². The Hall–Kier alpha value is -3.53. The molecule has 2 N–H and O–H groups in total. The van der Waals surface area contributed by atoms with E-state index in [-0.39, 0.29) is 17.9 Å². The van der Waals surface area contributed by atoms with E-state index < -0.39 is 58.2 Å². The second-order valence-corrected chi connectivity index (χ2v) is 10.9. The molecule has 5 rings (SSSR count). The van der Waals surface area contributed by atoms with Gasteiger partial charge in [0, 0.05) is 23.7 Å². The van der Waals surface area contributed by atoms with Crippen LogP contribution in [-0.4, -0.2) is 50.6 Å². The second kappa shape index (κ2) is 7.99. The average Bonchev–Trinajstić information content (AvgIpc) is 3.46. The molecule has 1 spiro atoms. The summed E-state index contributed by atoms with van der Waals surface area (Å²) in [7, 11) is 0. The van der Waals surface area contributed by atoms with Crippen molar-refractivity contribution in [3.8, 4) is 0 Å². The number of benzene rings is 1. The Kier molecular flexibility index (Phi) is 5.37. The van der Waals surface area contributed by atoms with Crippen LogP contribution in [0.1, 0.15) is 39.0 Å². The first-order chi connectivity index (χ1) is 16.8. The van der Waals surface area contributed by atoms with Gasteiger partial charge in [-0.05, 0) is 40.7 Å². The van der Waals surface area contributed by atoms with Crippen LogP contribution < -0.4 is 10.6 Å². The van der Waals surface area contributed by atoms with Gasteiger partial charge in [0.25, 0.3) is 0 Å². The van der Waals surface area contributed by atoms with Gasteiger partial charge in [-0.15, -0.1) is 0 Å². The van der Waals surface area contributed by atoms with Crippen molar-refractivity contribution in [2.24, 2.45) is 11.8 Å². The van der Waals surface area contributed by atoms with Crippen LogP contribution in [0.2, 0.25) is 0 Å². The maximum atomic E-state index is 14.6. The van der Waals surface area contributed by atoms with E-state index in [1.807, 2.05) is 20.8 Å². The Labute approximate surface area is 208 Å². The number of aryl methyl sites for hydroxylation is 1. The summed E-state index contributed by atoms with van der Waals surface area (Å²) in [5.41, 5.74) is -2.83. The zero-order valence-electron chi connectivity index (χ0n) is 20.8. The van der Waals surface area contributed by atoms with Gasteiger partial charge in [-0.1, -0.05) is 35.5 Å². The standard InChI is InChI=1S/C26H29FN4O5/c1-14-12-17(30-35-14)28-21(32)18-19-23(34)31(13-15-8-6-7-9-16(15)27)20(22(33)29-24(2,3)4)26(19)11-10-25(18,5)36-26/h6-12,18-20H,13H2,1-5H3,(H,29,33)(H,28,30,32)/t18-,19-,20-,25+,26+/m0/s1. The lowest BCUT2D eigenvalue weighted by molar-refractivity contribution is -0.145. The minimum Gasteiger partial charge on any atom is -0.360 e. The number of likely N-dealkylation sites (tertiary alicyclic amines) is 1. The number of ether oxygens (including phenoxy) is 1. The number of aromatic nitrogens is 1. The quantitative estimate of drug-likeness (QED) is 0.616. The van der Waals surface area contributed by atoms with Gasteiger partial charge in [0.2, 0.25) is 17.7 Å². The van der Waals surface area contributed by atoms with Crippen LogP contribution in [-0.2, 0) is 25.7 Å². The summed E-state index contributed by atoms with van der Waals surface area (Å²) < 4.78 is 26.1. The van der Waals surface area contributed by atoms with Crippen molar-refractivity contribution in [3.05, 3.63) is 59.6 Å². The molecule has 10 heteroatoms. The normalized spacial score (nSPS) is 30.6. The third-order valence-electron chi connectivity index (χ3n) is 7.00. The molecule has 3 amide bonds. The second-order valence-electron chi connectivity index (χ2n) is 10.9. The number of fused-ring (bicyclic) bond motifs is 1. The Morgan fingerprint density at radius 2 is 1.92 bits per heavy atom. The van der Waals surface area contributed by atoms with Crippen LogP contribution in [0.4, 0.5) is 10.2 Å². The van der Waals surface area contributed by atoms with Gasteiger partial charge in [-0.25, -0.2) is 4.39 Å². The van der Waals surface area contributed by atoms with E-state index in [2.05, 4.69) is 15.8 Å². The molecule has 0 radical (unpaired) electrons. The van der Waals surface area contributed by atoms with Crippen molar-refractivity contribution in [2.75, 3.05) is 5.32 Å². The summed E-state index contributed by atoms with van der Waals surface area (Å²) in [4.78, 5) is 42.5. The summed E-state index contributed by atoms with van der Waals surface area (Å²) in [6.07, 6.45) is 3.45. The summed E-state index contributed by atoms with van der Waals surface area (Å²) in [6.45, 7) is 8.77. The van der Waals surface area contributed by atoms with E-state index in [9.17, 15) is 18.8 Å². The molecule has 9 nitrogen and oxygen atoms in total. The number of rotatable bonds is 5. The van der Waals surface area contributed by atoms with Gasteiger partial charge >= 0.3 is 0 Å². The van der Waals surface area contributed by atoms with Gasteiger partial charge in [0.05, 0.1) is 17.4 Å². The monoisotopic (exact) mass is 496 g/mol. The molecule has 1 aromatic carbocycles. The SMILES string of the molecule is Cc1cc(NC(=O)[C@@H]2[C@H]3C(=O)N(Cc4ccccc4F)[C@@H](C(=O)NC(C)(C)C)[C@@]34C=C[C@@]2(C)O4)no1. The zero-order chi connectivity index (χ0) is 26.0. The summed E-state index contributed by atoms with van der Waals surface area (Å²) >= 11 is 0. The number of anilines is 1. The number of carbonyl (C=O) groups is 3. The number of carbonyl (C=O) groups excluding carboxylic acids is 3. The van der Waals surface area contributed by atoms with Gasteiger partial charge < -0.3 is 24.8 Å². The number of nitrogens with zero attached hydrogens (tertiary/aromatic N) is 2.